The van der Waals surface area contributed by atoms with Crippen molar-refractivity contribution in [2.75, 3.05) is 27.4 Å². The van der Waals surface area contributed by atoms with Crippen molar-refractivity contribution in [2.45, 2.75) is 75.6 Å². The molecule has 11 atom stereocenters. The molecule has 6 fully saturated rings. The minimum Gasteiger partial charge on any atom is -0.382 e. The van der Waals surface area contributed by atoms with E-state index in [2.05, 4.69) is 10.6 Å². The molecule has 216 valence electrons. The second kappa shape index (κ2) is 8.91. The second-order valence-corrected chi connectivity index (χ2v) is 12.4. The highest BCUT2D eigenvalue weighted by molar-refractivity contribution is 7.47. The van der Waals surface area contributed by atoms with Gasteiger partial charge in [0.15, 0.2) is 0 Å². The highest BCUT2D eigenvalue weighted by atomic mass is 31.2. The van der Waals surface area contributed by atoms with E-state index in [0.29, 0.717) is 0 Å². The first-order valence-electron chi connectivity index (χ1n) is 12.6. The Bertz CT molecular complexity index is 1170. The zero-order valence-electron chi connectivity index (χ0n) is 21.7. The minimum atomic E-state index is -4.65. The Morgan fingerprint density at radius 2 is 1.51 bits per heavy atom. The van der Waals surface area contributed by atoms with Gasteiger partial charge in [-0.2, -0.15) is 0 Å². The Morgan fingerprint density at radius 1 is 0.949 bits per heavy atom. The van der Waals surface area contributed by atoms with Crippen molar-refractivity contribution in [3.8, 4) is 0 Å². The van der Waals surface area contributed by atoms with Gasteiger partial charge in [0.25, 0.3) is 0 Å². The first kappa shape index (κ1) is 27.0. The molecule has 6 rings (SSSR count). The minimum absolute atomic E-state index is 0.0365. The number of hydrogen-bond donors (Lipinski definition) is 3. The maximum atomic E-state index is 13.4. The molecule has 1 saturated carbocycles. The van der Waals surface area contributed by atoms with E-state index in [4.69, 9.17) is 28.0 Å². The number of fused-ring (bicyclic) bond motifs is 7. The third-order valence-electron chi connectivity index (χ3n) is 9.30. The van der Waals surface area contributed by atoms with E-state index in [1.54, 1.807) is 13.8 Å². The van der Waals surface area contributed by atoms with Crippen molar-refractivity contribution in [3.63, 3.8) is 0 Å². The van der Waals surface area contributed by atoms with Gasteiger partial charge in [0.2, 0.25) is 11.8 Å². The fourth-order valence-corrected chi connectivity index (χ4v) is 8.10. The van der Waals surface area contributed by atoms with Gasteiger partial charge < -0.3 is 23.8 Å². The molecule has 39 heavy (non-hydrogen) atoms. The van der Waals surface area contributed by atoms with E-state index in [-0.39, 0.29) is 26.1 Å². The maximum Gasteiger partial charge on any atom is 0.472 e. The van der Waals surface area contributed by atoms with Crippen molar-refractivity contribution < 1.29 is 56.6 Å². The van der Waals surface area contributed by atoms with Crippen LogP contribution in [0.25, 0.3) is 0 Å². The number of nitrogens with zero attached hydrogens (tertiary/aromatic N) is 2. The Labute approximate surface area is 223 Å². The lowest BCUT2D eigenvalue weighted by Crippen LogP contribution is -2.92. The van der Waals surface area contributed by atoms with Crippen molar-refractivity contribution in [3.05, 3.63) is 0 Å². The lowest BCUT2D eigenvalue weighted by atomic mass is 9.42. The van der Waals surface area contributed by atoms with Gasteiger partial charge in [-0.15, -0.1) is 0 Å². The van der Waals surface area contributed by atoms with Crippen LogP contribution in [0.2, 0.25) is 0 Å². The van der Waals surface area contributed by atoms with E-state index >= 15 is 0 Å². The molecular formula is C22H31N4O12P. The Kier molecular flexibility index (Phi) is 6.18. The second-order valence-electron chi connectivity index (χ2n) is 11.0. The highest BCUT2D eigenvalue weighted by Crippen LogP contribution is 2.64. The zero-order valence-corrected chi connectivity index (χ0v) is 22.6. The highest BCUT2D eigenvalue weighted by Gasteiger charge is 2.82. The number of phosphoric acid groups is 1. The lowest BCUT2D eigenvalue weighted by Gasteiger charge is -2.72. The predicted octanol–water partition coefficient (Wildman–Crippen LogP) is -0.739. The monoisotopic (exact) mass is 574 g/mol. The summed E-state index contributed by atoms with van der Waals surface area (Å²) in [6.07, 6.45) is -5.36. The van der Waals surface area contributed by atoms with Gasteiger partial charge in [-0.1, -0.05) is 0 Å². The number of amides is 6. The molecule has 4 bridgehead atoms. The van der Waals surface area contributed by atoms with Gasteiger partial charge in [0, 0.05) is 27.1 Å². The van der Waals surface area contributed by atoms with Crippen LogP contribution in [0.1, 0.15) is 26.7 Å². The van der Waals surface area contributed by atoms with Gasteiger partial charge in [0.05, 0.1) is 42.2 Å². The fourth-order valence-electron chi connectivity index (χ4n) is 7.14. The van der Waals surface area contributed by atoms with Crippen LogP contribution in [0.3, 0.4) is 0 Å². The summed E-state index contributed by atoms with van der Waals surface area (Å²) in [5.74, 6) is -1.31. The fraction of sp³-hybridized carbons (Fsp3) is 0.818. The van der Waals surface area contributed by atoms with Gasteiger partial charge in [-0.25, -0.2) is 14.2 Å². The molecule has 1 aliphatic carbocycles. The first-order valence-corrected chi connectivity index (χ1v) is 14.1. The van der Waals surface area contributed by atoms with E-state index in [9.17, 15) is 28.6 Å². The van der Waals surface area contributed by atoms with Crippen molar-refractivity contribution in [2.24, 2.45) is 10.8 Å². The summed E-state index contributed by atoms with van der Waals surface area (Å²) >= 11 is 0. The summed E-state index contributed by atoms with van der Waals surface area (Å²) in [7, 11) is -1.81. The average Bonchev–Trinajstić information content (AvgIpc) is 3.45. The van der Waals surface area contributed by atoms with Gasteiger partial charge in [0.1, 0.15) is 30.8 Å². The number of rotatable bonds is 3. The Hall–Kier alpha value is -2.17. The summed E-state index contributed by atoms with van der Waals surface area (Å²) < 4.78 is 46.5. The van der Waals surface area contributed by atoms with Crippen LogP contribution in [0.4, 0.5) is 9.59 Å². The van der Waals surface area contributed by atoms with Crippen molar-refractivity contribution in [1.29, 1.82) is 0 Å². The van der Waals surface area contributed by atoms with Crippen molar-refractivity contribution >= 4 is 31.7 Å². The van der Waals surface area contributed by atoms with Gasteiger partial charge >= 0.3 is 19.9 Å². The number of imide groups is 2. The molecule has 17 heteroatoms. The molecule has 0 radical (unpaired) electrons. The number of methoxy groups -OCH3 is 2. The van der Waals surface area contributed by atoms with E-state index in [1.807, 2.05) is 0 Å². The normalized spacial score (nSPS) is 49.2. The first-order chi connectivity index (χ1) is 18.4. The zero-order chi connectivity index (χ0) is 28.1. The number of nitrogens with one attached hydrogen (secondary N) is 2. The van der Waals surface area contributed by atoms with E-state index in [0.717, 1.165) is 0 Å². The molecular weight excluding hydrogens is 543 g/mol. The van der Waals surface area contributed by atoms with Crippen molar-refractivity contribution in [1.82, 2.24) is 20.4 Å². The number of phosphoric ester groups is 1. The van der Waals surface area contributed by atoms with Crippen LogP contribution < -0.4 is 10.6 Å². The van der Waals surface area contributed by atoms with Crippen LogP contribution in [0.15, 0.2) is 0 Å². The molecule has 16 nitrogen and oxygen atoms in total. The van der Waals surface area contributed by atoms with Crippen LogP contribution in [-0.4, -0.2) is 115 Å². The SMILES string of the molecule is COCC1O[C@@H]2C[C@@H]1OP(=O)(O)OCC1O[C@H](C[C@@H]1OC)N1C(=O)NC(=O)[C@@]3(C)[C@@H]1[C@@H]1N2C(=O)NC(=O)[C@@]13C. The molecule has 0 aromatic carbocycles. The summed E-state index contributed by atoms with van der Waals surface area (Å²) in [5.41, 5.74) is -2.90. The Balaban J connectivity index is 1.49. The largest absolute Gasteiger partial charge is 0.472 e. The molecule has 0 aromatic rings. The van der Waals surface area contributed by atoms with E-state index in [1.165, 1.54) is 24.0 Å². The van der Waals surface area contributed by atoms with Gasteiger partial charge in [-0.05, 0) is 13.8 Å². The molecule has 3 unspecified atom stereocenters. The summed E-state index contributed by atoms with van der Waals surface area (Å²) in [4.78, 5) is 66.6. The molecule has 6 aliphatic rings. The number of carbonyl (C=O) groups is 4. The average molecular weight is 574 g/mol. The molecule has 5 aliphatic heterocycles. The van der Waals surface area contributed by atoms with E-state index < -0.39 is 91.5 Å². The van der Waals surface area contributed by atoms with Crippen LogP contribution in [0.5, 0.6) is 0 Å². The molecule has 0 aromatic heterocycles. The molecule has 0 spiro atoms. The summed E-state index contributed by atoms with van der Waals surface area (Å²) in [6.45, 7) is 2.73. The third-order valence-corrected chi connectivity index (χ3v) is 10.3. The molecule has 5 heterocycles. The van der Waals surface area contributed by atoms with Crippen LogP contribution in [-0.2, 0) is 42.1 Å². The number of urea groups is 2. The topological polar surface area (TPSA) is 192 Å². The van der Waals surface area contributed by atoms with Gasteiger partial charge in [-0.3, -0.25) is 39.1 Å². The maximum absolute atomic E-state index is 13.4. The summed E-state index contributed by atoms with van der Waals surface area (Å²) in [6, 6.07) is -3.50. The number of carbonyl (C=O) groups excluding carboxylic acids is 4. The number of hydrogen-bond acceptors (Lipinski definition) is 11. The van der Waals surface area contributed by atoms with Crippen LogP contribution in [0, 0.1) is 10.8 Å². The predicted molar refractivity (Wildman–Crippen MR) is 124 cm³/mol. The standard InChI is InChI=1S/C22H31N4O12P/c1-21-15-16-22(21,2)18(28)24-20(30)26(16)14-6-10(11(36-14)7-33-3)38-39(31,32)35-8-12-9(34-4)5-13(37-12)25(15)19(29)23-17(21)27/h9-16H,5-8H2,1-4H3,(H,31,32)(H,23,27,29)(H,24,28,30)/t9-,10-,11?,12?,13+,14+,15-,16-,21+,22+/m0/s1. The summed E-state index contributed by atoms with van der Waals surface area (Å²) in [5, 5.41) is 4.68. The van der Waals surface area contributed by atoms with Crippen LogP contribution >= 0.6 is 7.82 Å². The number of ether oxygens (including phenoxy) is 4. The molecule has 5 saturated heterocycles. The lowest BCUT2D eigenvalue weighted by molar-refractivity contribution is -0.242. The smallest absolute Gasteiger partial charge is 0.382 e. The Morgan fingerprint density at radius 3 is 2.05 bits per heavy atom. The third kappa shape index (κ3) is 3.59. The molecule has 6 amide bonds. The molecule has 3 N–H and O–H groups in total. The quantitative estimate of drug-likeness (QED) is 0.358.